The molecule has 0 saturated carbocycles. The summed E-state index contributed by atoms with van der Waals surface area (Å²) in [5.41, 5.74) is 0.695. The predicted molar refractivity (Wildman–Crippen MR) is 113 cm³/mol. The zero-order valence-electron chi connectivity index (χ0n) is 16.1. The van der Waals surface area contributed by atoms with E-state index in [1.807, 2.05) is 6.92 Å². The summed E-state index contributed by atoms with van der Waals surface area (Å²) in [6.07, 6.45) is -4.64. The van der Waals surface area contributed by atoms with Gasteiger partial charge >= 0.3 is 12.2 Å². The van der Waals surface area contributed by atoms with E-state index in [0.717, 1.165) is 17.7 Å². The molecule has 0 bridgehead atoms. The maximum Gasteiger partial charge on any atom is 0.417 e. The van der Waals surface area contributed by atoms with Gasteiger partial charge in [-0.05, 0) is 61.3 Å². The lowest BCUT2D eigenvalue weighted by Gasteiger charge is -2.14. The lowest BCUT2D eigenvalue weighted by atomic mass is 10.2. The van der Waals surface area contributed by atoms with Crippen molar-refractivity contribution in [2.45, 2.75) is 20.0 Å². The molecule has 0 atom stereocenters. The minimum Gasteiger partial charge on any atom is -0.324 e. The maximum absolute atomic E-state index is 13.0. The number of hydrogen-bond donors (Lipinski definition) is 3. The number of benzene rings is 2. The molecule has 7 nitrogen and oxygen atoms in total. The second kappa shape index (κ2) is 8.94. The number of aromatic nitrogens is 3. The highest BCUT2D eigenvalue weighted by Gasteiger charge is 2.33. The van der Waals surface area contributed by atoms with Gasteiger partial charge in [0.25, 0.3) is 0 Å². The van der Waals surface area contributed by atoms with Gasteiger partial charge in [0, 0.05) is 17.1 Å². The molecule has 162 valence electrons. The Morgan fingerprint density at radius 3 is 2.23 bits per heavy atom. The SMILES string of the molecule is Cc1nc(Cl)nc(Nc2cc(NC(=O)Nc3ccc(Cl)c(C(F)(F)F)c3)ccc2C)n1. The summed E-state index contributed by atoms with van der Waals surface area (Å²) in [5.74, 6) is 0.651. The van der Waals surface area contributed by atoms with E-state index in [-0.39, 0.29) is 16.9 Å². The molecule has 0 unspecified atom stereocenters. The standard InChI is InChI=1S/C19H15Cl2F3N6O/c1-9-3-4-12(8-15(9)29-17-26-10(2)25-16(21)30-17)28-18(31)27-11-5-6-14(20)13(7-11)19(22,23)24/h3-8H,1-2H3,(H2,27,28,31)(H,25,26,29,30). The molecule has 1 heterocycles. The lowest BCUT2D eigenvalue weighted by Crippen LogP contribution is -2.20. The van der Waals surface area contributed by atoms with Crippen LogP contribution in [-0.2, 0) is 6.18 Å². The summed E-state index contributed by atoms with van der Waals surface area (Å²) in [6.45, 7) is 3.49. The molecule has 3 N–H and O–H groups in total. The summed E-state index contributed by atoms with van der Waals surface area (Å²) >= 11 is 11.4. The molecule has 1 aromatic heterocycles. The topological polar surface area (TPSA) is 91.8 Å². The van der Waals surface area contributed by atoms with E-state index in [2.05, 4.69) is 30.9 Å². The van der Waals surface area contributed by atoms with E-state index < -0.39 is 22.8 Å². The molecule has 31 heavy (non-hydrogen) atoms. The second-order valence-corrected chi connectivity index (χ2v) is 7.15. The number of carbonyl (C=O) groups excluding carboxylic acids is 1. The van der Waals surface area contributed by atoms with Crippen molar-refractivity contribution >= 4 is 52.2 Å². The zero-order valence-corrected chi connectivity index (χ0v) is 17.6. The van der Waals surface area contributed by atoms with Gasteiger partial charge in [-0.3, -0.25) is 0 Å². The van der Waals surface area contributed by atoms with Crippen molar-refractivity contribution in [3.8, 4) is 0 Å². The highest BCUT2D eigenvalue weighted by molar-refractivity contribution is 6.31. The summed E-state index contributed by atoms with van der Waals surface area (Å²) in [4.78, 5) is 24.3. The number of amides is 2. The Morgan fingerprint density at radius 2 is 1.58 bits per heavy atom. The molecular formula is C19H15Cl2F3N6O. The molecular weight excluding hydrogens is 456 g/mol. The maximum atomic E-state index is 13.0. The number of aryl methyl sites for hydroxylation is 2. The Morgan fingerprint density at radius 1 is 0.935 bits per heavy atom. The molecule has 0 spiro atoms. The summed E-state index contributed by atoms with van der Waals surface area (Å²) in [6, 6.07) is 7.35. The first-order chi connectivity index (χ1) is 14.5. The average Bonchev–Trinajstić information content (AvgIpc) is 2.64. The third-order valence-electron chi connectivity index (χ3n) is 3.99. The molecule has 3 rings (SSSR count). The number of hydrogen-bond acceptors (Lipinski definition) is 5. The van der Waals surface area contributed by atoms with Crippen LogP contribution in [0.5, 0.6) is 0 Å². The van der Waals surface area contributed by atoms with Crippen molar-refractivity contribution in [3.05, 3.63) is 63.7 Å². The first-order valence-electron chi connectivity index (χ1n) is 8.72. The first kappa shape index (κ1) is 22.6. The van der Waals surface area contributed by atoms with Crippen molar-refractivity contribution in [1.29, 1.82) is 0 Å². The fraction of sp³-hybridized carbons (Fsp3) is 0.158. The largest absolute Gasteiger partial charge is 0.417 e. The number of alkyl halides is 3. The number of anilines is 4. The third-order valence-corrected chi connectivity index (χ3v) is 4.49. The van der Waals surface area contributed by atoms with Crippen molar-refractivity contribution < 1.29 is 18.0 Å². The second-order valence-electron chi connectivity index (χ2n) is 6.40. The summed E-state index contributed by atoms with van der Waals surface area (Å²) in [5, 5.41) is 7.47. The average molecular weight is 471 g/mol. The van der Waals surface area contributed by atoms with Gasteiger partial charge in [0.2, 0.25) is 11.2 Å². The van der Waals surface area contributed by atoms with E-state index in [1.165, 1.54) is 6.07 Å². The Kier molecular flexibility index (Phi) is 6.51. The zero-order chi connectivity index (χ0) is 22.8. The van der Waals surface area contributed by atoms with Crippen LogP contribution in [0.1, 0.15) is 17.0 Å². The molecule has 2 amide bonds. The van der Waals surface area contributed by atoms with Gasteiger partial charge in [0.1, 0.15) is 5.82 Å². The van der Waals surface area contributed by atoms with Crippen molar-refractivity contribution in [1.82, 2.24) is 15.0 Å². The van der Waals surface area contributed by atoms with E-state index in [9.17, 15) is 18.0 Å². The van der Waals surface area contributed by atoms with Gasteiger partial charge in [-0.15, -0.1) is 0 Å². The number of nitrogens with zero attached hydrogens (tertiary/aromatic N) is 3. The summed E-state index contributed by atoms with van der Waals surface area (Å²) < 4.78 is 38.9. The fourth-order valence-electron chi connectivity index (χ4n) is 2.57. The van der Waals surface area contributed by atoms with Crippen LogP contribution in [0.25, 0.3) is 0 Å². The Bertz CT molecular complexity index is 1120. The predicted octanol–water partition coefficient (Wildman–Crippen LogP) is 6.20. The van der Waals surface area contributed by atoms with Crippen LogP contribution in [0.15, 0.2) is 36.4 Å². The molecule has 0 fully saturated rings. The van der Waals surface area contributed by atoms with E-state index >= 15 is 0 Å². The van der Waals surface area contributed by atoms with Gasteiger partial charge in [-0.25, -0.2) is 9.78 Å². The van der Waals surface area contributed by atoms with Crippen molar-refractivity contribution in [2.24, 2.45) is 0 Å². The van der Waals surface area contributed by atoms with Crippen LogP contribution in [0.2, 0.25) is 10.3 Å². The minimum atomic E-state index is -4.64. The fourth-order valence-corrected chi connectivity index (χ4v) is 3.00. The quantitative estimate of drug-likeness (QED) is 0.422. The Balaban J connectivity index is 1.74. The lowest BCUT2D eigenvalue weighted by molar-refractivity contribution is -0.137. The molecule has 0 aliphatic heterocycles. The highest BCUT2D eigenvalue weighted by Crippen LogP contribution is 2.36. The Labute approximate surface area is 185 Å². The number of urea groups is 1. The monoisotopic (exact) mass is 470 g/mol. The number of nitrogens with one attached hydrogen (secondary N) is 3. The van der Waals surface area contributed by atoms with Crippen molar-refractivity contribution in [3.63, 3.8) is 0 Å². The normalized spacial score (nSPS) is 11.2. The molecule has 2 aromatic carbocycles. The van der Waals surface area contributed by atoms with E-state index in [1.54, 1.807) is 25.1 Å². The van der Waals surface area contributed by atoms with Gasteiger partial charge in [-0.1, -0.05) is 17.7 Å². The minimum absolute atomic E-state index is 0.0301. The van der Waals surface area contributed by atoms with Gasteiger partial charge in [0.05, 0.1) is 10.6 Å². The van der Waals surface area contributed by atoms with Gasteiger partial charge in [0.15, 0.2) is 0 Å². The molecule has 0 radical (unpaired) electrons. The van der Waals surface area contributed by atoms with Crippen LogP contribution in [-0.4, -0.2) is 21.0 Å². The van der Waals surface area contributed by atoms with Crippen molar-refractivity contribution in [2.75, 3.05) is 16.0 Å². The van der Waals surface area contributed by atoms with Crippen LogP contribution < -0.4 is 16.0 Å². The highest BCUT2D eigenvalue weighted by atomic mass is 35.5. The number of carbonyl (C=O) groups is 1. The van der Waals surface area contributed by atoms with E-state index in [0.29, 0.717) is 17.2 Å². The van der Waals surface area contributed by atoms with Gasteiger partial charge in [-0.2, -0.15) is 23.1 Å². The third kappa shape index (κ3) is 5.96. The molecule has 0 saturated heterocycles. The van der Waals surface area contributed by atoms with Crippen LogP contribution in [0.3, 0.4) is 0 Å². The van der Waals surface area contributed by atoms with Gasteiger partial charge < -0.3 is 16.0 Å². The van der Waals surface area contributed by atoms with Crippen LogP contribution in [0, 0.1) is 13.8 Å². The summed E-state index contributed by atoms with van der Waals surface area (Å²) in [7, 11) is 0. The van der Waals surface area contributed by atoms with E-state index in [4.69, 9.17) is 23.2 Å². The smallest absolute Gasteiger partial charge is 0.324 e. The molecule has 0 aliphatic rings. The Hall–Kier alpha value is -3.11. The molecule has 3 aromatic rings. The number of rotatable bonds is 4. The molecule has 12 heteroatoms. The first-order valence-corrected chi connectivity index (χ1v) is 9.47. The van der Waals surface area contributed by atoms with Crippen LogP contribution >= 0.6 is 23.2 Å². The van der Waals surface area contributed by atoms with Crippen LogP contribution in [0.4, 0.5) is 41.0 Å². The molecule has 0 aliphatic carbocycles. The number of halogens is 5.